The van der Waals surface area contributed by atoms with Crippen LogP contribution in [0.25, 0.3) is 0 Å². The van der Waals surface area contributed by atoms with E-state index in [2.05, 4.69) is 0 Å². The van der Waals surface area contributed by atoms with Crippen LogP contribution in [0, 0.1) is 10.8 Å². The van der Waals surface area contributed by atoms with E-state index in [1.165, 1.54) is 32.1 Å². The van der Waals surface area contributed by atoms with E-state index in [0.29, 0.717) is 11.5 Å². The molecule has 7 heteroatoms. The van der Waals surface area contributed by atoms with Gasteiger partial charge in [0.15, 0.2) is 0 Å². The molecule has 1 fully saturated rings. The number of hydrogen-bond donors (Lipinski definition) is 1. The summed E-state index contributed by atoms with van der Waals surface area (Å²) in [6.45, 7) is 6.79. The summed E-state index contributed by atoms with van der Waals surface area (Å²) in [6, 6.07) is 0. The van der Waals surface area contributed by atoms with Crippen LogP contribution in [0.15, 0.2) is 0 Å². The second kappa shape index (κ2) is 12.8. The predicted octanol–water partition coefficient (Wildman–Crippen LogP) is 5.41. The van der Waals surface area contributed by atoms with Crippen LogP contribution in [0.1, 0.15) is 118 Å². The van der Waals surface area contributed by atoms with Gasteiger partial charge >= 0.3 is 11.9 Å². The van der Waals surface area contributed by atoms with Gasteiger partial charge in [0.2, 0.25) is 0 Å². The van der Waals surface area contributed by atoms with Gasteiger partial charge in [-0.25, -0.2) is 4.79 Å². The number of carbonyl (C=O) groups is 4. The first-order chi connectivity index (χ1) is 14.5. The van der Waals surface area contributed by atoms with Gasteiger partial charge in [0, 0.05) is 12.8 Å². The van der Waals surface area contributed by atoms with Gasteiger partial charge < -0.3 is 9.94 Å². The van der Waals surface area contributed by atoms with Crippen molar-refractivity contribution in [2.45, 2.75) is 118 Å². The van der Waals surface area contributed by atoms with Crippen LogP contribution in [0.2, 0.25) is 0 Å². The van der Waals surface area contributed by atoms with Crippen LogP contribution in [-0.4, -0.2) is 33.9 Å². The number of amides is 2. The lowest BCUT2D eigenvalue weighted by molar-refractivity contribution is -0.199. The van der Waals surface area contributed by atoms with Gasteiger partial charge in [0.25, 0.3) is 11.8 Å². The summed E-state index contributed by atoms with van der Waals surface area (Å²) in [5.74, 6) is -2.16. The van der Waals surface area contributed by atoms with Gasteiger partial charge in [-0.1, -0.05) is 64.2 Å². The van der Waals surface area contributed by atoms with Crippen LogP contribution in [0.5, 0.6) is 0 Å². The van der Waals surface area contributed by atoms with E-state index in [0.717, 1.165) is 38.5 Å². The van der Waals surface area contributed by atoms with E-state index in [9.17, 15) is 19.2 Å². The van der Waals surface area contributed by atoms with E-state index in [-0.39, 0.29) is 12.8 Å². The highest BCUT2D eigenvalue weighted by atomic mass is 16.7. The molecule has 0 aliphatic carbocycles. The zero-order chi connectivity index (χ0) is 23.5. The number of rotatable bonds is 16. The first-order valence-electron chi connectivity index (χ1n) is 11.8. The van der Waals surface area contributed by atoms with Gasteiger partial charge in [-0.2, -0.15) is 0 Å². The average Bonchev–Trinajstić information content (AvgIpc) is 2.80. The highest BCUT2D eigenvalue weighted by Gasteiger charge is 2.61. The zero-order valence-corrected chi connectivity index (χ0v) is 19.8. The lowest BCUT2D eigenvalue weighted by Gasteiger charge is -2.27. The number of carbonyl (C=O) groups excluding carboxylic acids is 3. The fraction of sp³-hybridized carbons (Fsp3) is 0.833. The second-order valence-electron chi connectivity index (χ2n) is 9.75. The molecule has 0 radical (unpaired) electrons. The summed E-state index contributed by atoms with van der Waals surface area (Å²) in [6.07, 6.45) is 13.2. The molecule has 0 spiro atoms. The maximum absolute atomic E-state index is 12.4. The molecule has 7 nitrogen and oxygen atoms in total. The molecule has 0 atom stereocenters. The lowest BCUT2D eigenvalue weighted by atomic mass is 9.70. The van der Waals surface area contributed by atoms with Crippen molar-refractivity contribution in [2.24, 2.45) is 10.8 Å². The van der Waals surface area contributed by atoms with Gasteiger partial charge in [-0.3, -0.25) is 14.4 Å². The number of nitrogens with zero attached hydrogens (tertiary/aromatic N) is 1. The molecule has 2 amide bonds. The highest BCUT2D eigenvalue weighted by Crippen LogP contribution is 2.47. The number of carboxylic acids is 1. The molecule has 1 saturated heterocycles. The number of hydroxylamine groups is 2. The smallest absolute Gasteiger partial charge is 0.333 e. The SMILES string of the molecule is CC1(C)C(=O)N(OC(=O)CCCCCCCCCCCCCCC(=O)O)C(=O)C1(C)C. The average molecular weight is 440 g/mol. The molecule has 0 aromatic rings. The van der Waals surface area contributed by atoms with E-state index < -0.39 is 34.6 Å². The summed E-state index contributed by atoms with van der Waals surface area (Å²) in [4.78, 5) is 52.4. The summed E-state index contributed by atoms with van der Waals surface area (Å²) in [7, 11) is 0. The Morgan fingerprint density at radius 2 is 1.00 bits per heavy atom. The molecule has 1 heterocycles. The van der Waals surface area contributed by atoms with E-state index >= 15 is 0 Å². The topological polar surface area (TPSA) is 101 Å². The standard InChI is InChI=1S/C24H41NO6/c1-23(2)21(29)25(22(30)24(23,3)4)31-20(28)18-16-14-12-10-8-6-5-7-9-11-13-15-17-19(26)27/h5-18H2,1-4H3,(H,26,27). The minimum atomic E-state index is -0.898. The molecule has 31 heavy (non-hydrogen) atoms. The molecule has 0 saturated carbocycles. The second-order valence-corrected chi connectivity index (χ2v) is 9.75. The van der Waals surface area contributed by atoms with Crippen molar-refractivity contribution in [1.82, 2.24) is 5.06 Å². The highest BCUT2D eigenvalue weighted by molar-refractivity contribution is 6.08. The number of carboxylic acid groups (broad SMARTS) is 1. The molecule has 0 unspecified atom stereocenters. The molecular formula is C24H41NO6. The van der Waals surface area contributed by atoms with Crippen LogP contribution in [0.4, 0.5) is 0 Å². The van der Waals surface area contributed by atoms with Crippen LogP contribution in [0.3, 0.4) is 0 Å². The number of unbranched alkanes of at least 4 members (excludes halogenated alkanes) is 11. The van der Waals surface area contributed by atoms with Crippen molar-refractivity contribution in [1.29, 1.82) is 0 Å². The maximum atomic E-state index is 12.4. The molecule has 1 aliphatic heterocycles. The van der Waals surface area contributed by atoms with Crippen LogP contribution in [-0.2, 0) is 24.0 Å². The van der Waals surface area contributed by atoms with Gasteiger partial charge in [-0.05, 0) is 40.5 Å². The number of aliphatic carboxylic acids is 1. The quantitative estimate of drug-likeness (QED) is 0.255. The third-order valence-corrected chi connectivity index (χ3v) is 6.72. The molecule has 0 aromatic heterocycles. The Balaban J connectivity index is 2.02. The van der Waals surface area contributed by atoms with Gasteiger partial charge in [0.05, 0.1) is 10.8 Å². The van der Waals surface area contributed by atoms with Crippen molar-refractivity contribution in [2.75, 3.05) is 0 Å². The molecule has 1 aliphatic rings. The summed E-state index contributed by atoms with van der Waals surface area (Å²) >= 11 is 0. The first kappa shape index (κ1) is 27.1. The fourth-order valence-electron chi connectivity index (χ4n) is 3.68. The van der Waals surface area contributed by atoms with E-state index in [4.69, 9.17) is 9.94 Å². The molecule has 0 bridgehead atoms. The maximum Gasteiger partial charge on any atom is 0.333 e. The minimum absolute atomic E-state index is 0.208. The van der Waals surface area contributed by atoms with Crippen molar-refractivity contribution >= 4 is 23.8 Å². The van der Waals surface area contributed by atoms with Crippen LogP contribution < -0.4 is 0 Å². The zero-order valence-electron chi connectivity index (χ0n) is 19.8. The number of imide groups is 1. The third-order valence-electron chi connectivity index (χ3n) is 6.72. The Hall–Kier alpha value is -1.92. The molecule has 1 rings (SSSR count). The van der Waals surface area contributed by atoms with Crippen molar-refractivity contribution in [3.8, 4) is 0 Å². The Morgan fingerprint density at radius 3 is 1.35 bits per heavy atom. The van der Waals surface area contributed by atoms with Gasteiger partial charge in [0.1, 0.15) is 0 Å². The number of hydrogen-bond acceptors (Lipinski definition) is 5. The normalized spacial score (nSPS) is 17.2. The third kappa shape index (κ3) is 8.26. The Kier molecular flexibility index (Phi) is 11.2. The lowest BCUT2D eigenvalue weighted by Crippen LogP contribution is -2.35. The summed E-state index contributed by atoms with van der Waals surface area (Å²) < 4.78 is 0. The molecule has 1 N–H and O–H groups in total. The van der Waals surface area contributed by atoms with Crippen molar-refractivity contribution in [3.05, 3.63) is 0 Å². The molecule has 0 aromatic carbocycles. The first-order valence-corrected chi connectivity index (χ1v) is 11.8. The monoisotopic (exact) mass is 439 g/mol. The summed E-state index contributed by atoms with van der Waals surface area (Å²) in [5, 5.41) is 9.24. The fourth-order valence-corrected chi connectivity index (χ4v) is 3.68. The largest absolute Gasteiger partial charge is 0.481 e. The van der Waals surface area contributed by atoms with Crippen molar-refractivity contribution in [3.63, 3.8) is 0 Å². The summed E-state index contributed by atoms with van der Waals surface area (Å²) in [5.41, 5.74) is -1.80. The Bertz CT molecular complexity index is 600. The van der Waals surface area contributed by atoms with Gasteiger partial charge in [-0.15, -0.1) is 5.06 Å². The molecule has 178 valence electrons. The minimum Gasteiger partial charge on any atom is -0.481 e. The van der Waals surface area contributed by atoms with Crippen molar-refractivity contribution < 1.29 is 29.1 Å². The van der Waals surface area contributed by atoms with E-state index in [1.807, 2.05) is 0 Å². The Morgan fingerprint density at radius 1 is 0.677 bits per heavy atom. The molecular weight excluding hydrogens is 398 g/mol. The van der Waals surface area contributed by atoms with Crippen LogP contribution >= 0.6 is 0 Å². The van der Waals surface area contributed by atoms with E-state index in [1.54, 1.807) is 27.7 Å². The predicted molar refractivity (Wildman–Crippen MR) is 118 cm³/mol. The Labute approximate surface area is 186 Å².